The highest BCUT2D eigenvalue weighted by Crippen LogP contribution is 2.10. The highest BCUT2D eigenvalue weighted by atomic mass is 35.5. The van der Waals surface area contributed by atoms with Crippen LogP contribution in [0.4, 0.5) is 0 Å². The topological polar surface area (TPSA) is 29.1 Å². The summed E-state index contributed by atoms with van der Waals surface area (Å²) >= 11 is 11.4. The Morgan fingerprint density at radius 2 is 2.00 bits per heavy atom. The molecule has 0 saturated carbocycles. The molecule has 1 rings (SSSR count). The summed E-state index contributed by atoms with van der Waals surface area (Å²) in [5, 5.41) is 3.58. The van der Waals surface area contributed by atoms with Gasteiger partial charge in [0.05, 0.1) is 6.42 Å². The van der Waals surface area contributed by atoms with Gasteiger partial charge in [-0.2, -0.15) is 0 Å². The summed E-state index contributed by atoms with van der Waals surface area (Å²) in [5.41, 5.74) is 0.969. The lowest BCUT2D eigenvalue weighted by Crippen LogP contribution is -2.29. The Kier molecular flexibility index (Phi) is 6.38. The first-order chi connectivity index (χ1) is 8.11. The van der Waals surface area contributed by atoms with E-state index in [1.807, 2.05) is 12.1 Å². The zero-order chi connectivity index (χ0) is 12.7. The Bertz CT molecular complexity index is 351. The average Bonchev–Trinajstić information content (AvgIpc) is 2.30. The fraction of sp³-hybridized carbons (Fsp3) is 0.462. The number of benzene rings is 1. The predicted molar refractivity (Wildman–Crippen MR) is 72.7 cm³/mol. The number of carbonyl (C=O) groups is 1. The van der Waals surface area contributed by atoms with E-state index in [4.69, 9.17) is 23.2 Å². The third-order valence-electron chi connectivity index (χ3n) is 2.53. The molecule has 0 heterocycles. The van der Waals surface area contributed by atoms with Gasteiger partial charge in [0.2, 0.25) is 5.91 Å². The second-order valence-electron chi connectivity index (χ2n) is 4.19. The van der Waals surface area contributed by atoms with E-state index in [1.54, 1.807) is 12.1 Å². The highest BCUT2D eigenvalue weighted by molar-refractivity contribution is 6.30. The molecule has 1 aromatic rings. The first-order valence-electron chi connectivity index (χ1n) is 5.69. The van der Waals surface area contributed by atoms with Gasteiger partial charge in [-0.1, -0.05) is 30.7 Å². The summed E-state index contributed by atoms with van der Waals surface area (Å²) in [7, 11) is 0. The molecule has 0 aliphatic rings. The van der Waals surface area contributed by atoms with Crippen molar-refractivity contribution in [3.8, 4) is 0 Å². The lowest BCUT2D eigenvalue weighted by Gasteiger charge is -2.11. The summed E-state index contributed by atoms with van der Waals surface area (Å²) in [5.74, 6) is 1.09. The highest BCUT2D eigenvalue weighted by Gasteiger charge is 2.06. The second-order valence-corrected chi connectivity index (χ2v) is 5.00. The lowest BCUT2D eigenvalue weighted by molar-refractivity contribution is -0.120. The minimum Gasteiger partial charge on any atom is -0.356 e. The van der Waals surface area contributed by atoms with Gasteiger partial charge in [0, 0.05) is 17.4 Å². The van der Waals surface area contributed by atoms with Crippen LogP contribution in [0.15, 0.2) is 24.3 Å². The van der Waals surface area contributed by atoms with Gasteiger partial charge in [0.1, 0.15) is 0 Å². The number of hydrogen-bond donors (Lipinski definition) is 1. The zero-order valence-corrected chi connectivity index (χ0v) is 11.4. The van der Waals surface area contributed by atoms with Crippen LogP contribution in [-0.4, -0.2) is 18.3 Å². The SMILES string of the molecule is CC(CCCl)CNC(=O)Cc1ccc(Cl)cc1. The Balaban J connectivity index is 2.32. The van der Waals surface area contributed by atoms with Crippen LogP contribution in [-0.2, 0) is 11.2 Å². The molecule has 0 spiro atoms. The van der Waals surface area contributed by atoms with Gasteiger partial charge >= 0.3 is 0 Å². The molecule has 0 fully saturated rings. The molecule has 1 amide bonds. The Hall–Kier alpha value is -0.730. The van der Waals surface area contributed by atoms with Crippen molar-refractivity contribution >= 4 is 29.1 Å². The minimum absolute atomic E-state index is 0.0359. The summed E-state index contributed by atoms with van der Waals surface area (Å²) in [6.45, 7) is 2.75. The number of amides is 1. The maximum Gasteiger partial charge on any atom is 0.224 e. The number of rotatable bonds is 6. The van der Waals surface area contributed by atoms with Crippen molar-refractivity contribution in [1.29, 1.82) is 0 Å². The molecule has 17 heavy (non-hydrogen) atoms. The molecular weight excluding hydrogens is 257 g/mol. The van der Waals surface area contributed by atoms with Gasteiger partial charge < -0.3 is 5.32 Å². The standard InChI is InChI=1S/C13H17Cl2NO/c1-10(6-7-14)9-16-13(17)8-11-2-4-12(15)5-3-11/h2-5,10H,6-9H2,1H3,(H,16,17). The van der Waals surface area contributed by atoms with E-state index in [0.29, 0.717) is 29.8 Å². The second kappa shape index (κ2) is 7.57. The number of halogens is 2. The van der Waals surface area contributed by atoms with E-state index in [2.05, 4.69) is 12.2 Å². The summed E-state index contributed by atoms with van der Waals surface area (Å²) in [6.07, 6.45) is 1.31. The third kappa shape index (κ3) is 5.94. The van der Waals surface area contributed by atoms with Crippen molar-refractivity contribution < 1.29 is 4.79 Å². The van der Waals surface area contributed by atoms with Crippen LogP contribution in [0.25, 0.3) is 0 Å². The van der Waals surface area contributed by atoms with Crippen molar-refractivity contribution in [2.45, 2.75) is 19.8 Å². The average molecular weight is 274 g/mol. The number of alkyl halides is 1. The molecule has 0 bridgehead atoms. The molecular formula is C13H17Cl2NO. The molecule has 0 aromatic heterocycles. The monoisotopic (exact) mass is 273 g/mol. The van der Waals surface area contributed by atoms with Crippen LogP contribution in [0.3, 0.4) is 0 Å². The Morgan fingerprint density at radius 1 is 1.35 bits per heavy atom. The van der Waals surface area contributed by atoms with Crippen LogP contribution in [0.1, 0.15) is 18.9 Å². The maximum absolute atomic E-state index is 11.6. The molecule has 1 N–H and O–H groups in total. The van der Waals surface area contributed by atoms with Crippen molar-refractivity contribution in [3.05, 3.63) is 34.9 Å². The van der Waals surface area contributed by atoms with Gasteiger partial charge in [0.15, 0.2) is 0 Å². The van der Waals surface area contributed by atoms with Gasteiger partial charge in [-0.15, -0.1) is 11.6 Å². The van der Waals surface area contributed by atoms with E-state index < -0.39 is 0 Å². The summed E-state index contributed by atoms with van der Waals surface area (Å²) < 4.78 is 0. The smallest absolute Gasteiger partial charge is 0.224 e. The third-order valence-corrected chi connectivity index (χ3v) is 3.00. The fourth-order valence-electron chi connectivity index (χ4n) is 1.43. The maximum atomic E-state index is 11.6. The van der Waals surface area contributed by atoms with E-state index in [1.165, 1.54) is 0 Å². The number of carbonyl (C=O) groups excluding carboxylic acids is 1. The van der Waals surface area contributed by atoms with E-state index in [0.717, 1.165) is 12.0 Å². The van der Waals surface area contributed by atoms with Crippen molar-refractivity contribution in [2.75, 3.05) is 12.4 Å². The van der Waals surface area contributed by atoms with Gasteiger partial charge in [-0.25, -0.2) is 0 Å². The molecule has 1 atom stereocenters. The van der Waals surface area contributed by atoms with Crippen molar-refractivity contribution in [3.63, 3.8) is 0 Å². The lowest BCUT2D eigenvalue weighted by atomic mass is 10.1. The van der Waals surface area contributed by atoms with Crippen LogP contribution >= 0.6 is 23.2 Å². The van der Waals surface area contributed by atoms with Gasteiger partial charge in [0.25, 0.3) is 0 Å². The Morgan fingerprint density at radius 3 is 2.59 bits per heavy atom. The van der Waals surface area contributed by atoms with Gasteiger partial charge in [-0.3, -0.25) is 4.79 Å². The molecule has 1 unspecified atom stereocenters. The van der Waals surface area contributed by atoms with Gasteiger partial charge in [-0.05, 0) is 30.0 Å². The molecule has 2 nitrogen and oxygen atoms in total. The van der Waals surface area contributed by atoms with E-state index in [9.17, 15) is 4.79 Å². The summed E-state index contributed by atoms with van der Waals surface area (Å²) in [4.78, 5) is 11.6. The molecule has 0 aliphatic carbocycles. The molecule has 0 aliphatic heterocycles. The van der Waals surface area contributed by atoms with Crippen molar-refractivity contribution in [1.82, 2.24) is 5.32 Å². The Labute approximate surface area is 112 Å². The molecule has 0 radical (unpaired) electrons. The number of nitrogens with one attached hydrogen (secondary N) is 1. The number of hydrogen-bond acceptors (Lipinski definition) is 1. The van der Waals surface area contributed by atoms with Crippen molar-refractivity contribution in [2.24, 2.45) is 5.92 Å². The van der Waals surface area contributed by atoms with E-state index in [-0.39, 0.29) is 5.91 Å². The zero-order valence-electron chi connectivity index (χ0n) is 9.88. The fourth-order valence-corrected chi connectivity index (χ4v) is 1.93. The molecule has 4 heteroatoms. The predicted octanol–water partition coefficient (Wildman–Crippen LogP) is 3.26. The summed E-state index contributed by atoms with van der Waals surface area (Å²) in [6, 6.07) is 7.31. The van der Waals surface area contributed by atoms with Crippen LogP contribution in [0.5, 0.6) is 0 Å². The minimum atomic E-state index is 0.0359. The molecule has 0 saturated heterocycles. The van der Waals surface area contributed by atoms with E-state index >= 15 is 0 Å². The normalized spacial score (nSPS) is 12.2. The van der Waals surface area contributed by atoms with Crippen LogP contribution in [0.2, 0.25) is 5.02 Å². The largest absolute Gasteiger partial charge is 0.356 e. The quantitative estimate of drug-likeness (QED) is 0.792. The molecule has 94 valence electrons. The first-order valence-corrected chi connectivity index (χ1v) is 6.60. The molecule has 1 aromatic carbocycles. The van der Waals surface area contributed by atoms with Crippen LogP contribution < -0.4 is 5.32 Å². The van der Waals surface area contributed by atoms with Crippen LogP contribution in [0, 0.1) is 5.92 Å². The first kappa shape index (κ1) is 14.3.